The van der Waals surface area contributed by atoms with Crippen molar-refractivity contribution in [2.75, 3.05) is 0 Å². The van der Waals surface area contributed by atoms with Crippen LogP contribution in [0.1, 0.15) is 37.6 Å². The van der Waals surface area contributed by atoms with Gasteiger partial charge in [0.25, 0.3) is 5.91 Å². The van der Waals surface area contributed by atoms with Crippen molar-refractivity contribution < 1.29 is 4.79 Å². The van der Waals surface area contributed by atoms with E-state index in [1.807, 2.05) is 19.1 Å². The average Bonchev–Trinajstić information content (AvgIpc) is 2.26. The van der Waals surface area contributed by atoms with Crippen LogP contribution in [0.2, 0.25) is 0 Å². The summed E-state index contributed by atoms with van der Waals surface area (Å²) in [6.07, 6.45) is 0.890. The Labute approximate surface area is 110 Å². The highest BCUT2D eigenvalue weighted by Gasteiger charge is 2.04. The minimum atomic E-state index is -0.180. The van der Waals surface area contributed by atoms with Crippen molar-refractivity contribution in [2.24, 2.45) is 11.0 Å². The Hall–Kier alpha value is -1.16. The highest BCUT2D eigenvalue weighted by atomic mass is 79.9. The lowest BCUT2D eigenvalue weighted by molar-refractivity contribution is 0.0954. The molecule has 1 aromatic rings. The Morgan fingerprint density at radius 3 is 2.47 bits per heavy atom. The van der Waals surface area contributed by atoms with Gasteiger partial charge in [-0.15, -0.1) is 0 Å². The van der Waals surface area contributed by atoms with Crippen molar-refractivity contribution in [1.29, 1.82) is 0 Å². The van der Waals surface area contributed by atoms with Gasteiger partial charge >= 0.3 is 0 Å². The molecule has 0 saturated carbocycles. The second kappa shape index (κ2) is 6.55. The summed E-state index contributed by atoms with van der Waals surface area (Å²) in [5.74, 6) is 0.365. The van der Waals surface area contributed by atoms with E-state index in [1.165, 1.54) is 0 Å². The molecule has 0 aliphatic heterocycles. The zero-order chi connectivity index (χ0) is 12.8. The molecule has 0 heterocycles. The summed E-state index contributed by atoms with van der Waals surface area (Å²) in [6.45, 7) is 6.16. The van der Waals surface area contributed by atoms with E-state index in [4.69, 9.17) is 0 Å². The zero-order valence-electron chi connectivity index (χ0n) is 10.3. The van der Waals surface area contributed by atoms with Gasteiger partial charge in [0.15, 0.2) is 0 Å². The third kappa shape index (κ3) is 5.13. The lowest BCUT2D eigenvalue weighted by Crippen LogP contribution is -2.19. The molecule has 0 spiro atoms. The topological polar surface area (TPSA) is 41.5 Å². The molecule has 17 heavy (non-hydrogen) atoms. The van der Waals surface area contributed by atoms with E-state index in [2.05, 4.69) is 40.3 Å². The highest BCUT2D eigenvalue weighted by Crippen LogP contribution is 2.10. The molecule has 1 aromatic carbocycles. The molecule has 1 rings (SSSR count). The van der Waals surface area contributed by atoms with Gasteiger partial charge in [-0.25, -0.2) is 5.43 Å². The molecule has 1 N–H and O–H groups in total. The number of halogens is 1. The van der Waals surface area contributed by atoms with Crippen molar-refractivity contribution in [3.05, 3.63) is 34.3 Å². The van der Waals surface area contributed by atoms with Crippen LogP contribution in [-0.2, 0) is 0 Å². The third-order valence-electron chi connectivity index (χ3n) is 2.16. The third-order valence-corrected chi connectivity index (χ3v) is 2.69. The van der Waals surface area contributed by atoms with Gasteiger partial charge in [-0.1, -0.05) is 29.8 Å². The second-order valence-electron chi connectivity index (χ2n) is 4.39. The predicted molar refractivity (Wildman–Crippen MR) is 74.2 cm³/mol. The second-order valence-corrected chi connectivity index (χ2v) is 5.31. The monoisotopic (exact) mass is 296 g/mol. The van der Waals surface area contributed by atoms with Crippen LogP contribution in [0.5, 0.6) is 0 Å². The molecule has 0 aliphatic carbocycles. The van der Waals surface area contributed by atoms with Gasteiger partial charge in [-0.2, -0.15) is 5.10 Å². The van der Waals surface area contributed by atoms with E-state index >= 15 is 0 Å². The molecule has 1 amide bonds. The standard InChI is InChI=1S/C13H17BrN2O/c1-9(2)8-10(3)15-16-13(17)11-4-6-12(14)7-5-11/h4-7,9H,8H2,1-3H3,(H,16,17)/b15-10+. The summed E-state index contributed by atoms with van der Waals surface area (Å²) in [7, 11) is 0. The SMILES string of the molecule is C/C(CC(C)C)=N\NC(=O)c1ccc(Br)cc1. The van der Waals surface area contributed by atoms with Crippen molar-refractivity contribution in [1.82, 2.24) is 5.43 Å². The molecule has 92 valence electrons. The van der Waals surface area contributed by atoms with Gasteiger partial charge in [0.05, 0.1) is 0 Å². The summed E-state index contributed by atoms with van der Waals surface area (Å²) < 4.78 is 0.952. The lowest BCUT2D eigenvalue weighted by Gasteiger charge is -2.05. The van der Waals surface area contributed by atoms with Gasteiger partial charge in [-0.3, -0.25) is 4.79 Å². The number of nitrogens with one attached hydrogen (secondary N) is 1. The number of carbonyl (C=O) groups excluding carboxylic acids is 1. The fourth-order valence-corrected chi connectivity index (χ4v) is 1.71. The van der Waals surface area contributed by atoms with E-state index in [9.17, 15) is 4.79 Å². The van der Waals surface area contributed by atoms with Crippen LogP contribution < -0.4 is 5.43 Å². The van der Waals surface area contributed by atoms with Crippen LogP contribution in [0.25, 0.3) is 0 Å². The first kappa shape index (κ1) is 13.9. The summed E-state index contributed by atoms with van der Waals surface area (Å²) in [4.78, 5) is 11.7. The Morgan fingerprint density at radius 2 is 1.94 bits per heavy atom. The van der Waals surface area contributed by atoms with Crippen molar-refractivity contribution >= 4 is 27.5 Å². The number of rotatable bonds is 4. The molecule has 0 bridgehead atoms. The first-order valence-electron chi connectivity index (χ1n) is 5.58. The number of nitrogens with zero attached hydrogens (tertiary/aromatic N) is 1. The molecule has 0 fully saturated rings. The molecule has 0 radical (unpaired) electrons. The fraction of sp³-hybridized carbons (Fsp3) is 0.385. The predicted octanol–water partition coefficient (Wildman–Crippen LogP) is 3.60. The molecule has 0 atom stereocenters. The fourth-order valence-electron chi connectivity index (χ4n) is 1.45. The average molecular weight is 297 g/mol. The van der Waals surface area contributed by atoms with Crippen LogP contribution in [0.3, 0.4) is 0 Å². The first-order valence-corrected chi connectivity index (χ1v) is 6.37. The van der Waals surface area contributed by atoms with Gasteiger partial charge in [-0.05, 0) is 43.5 Å². The maximum atomic E-state index is 11.7. The van der Waals surface area contributed by atoms with Crippen molar-refractivity contribution in [3.8, 4) is 0 Å². The highest BCUT2D eigenvalue weighted by molar-refractivity contribution is 9.10. The summed E-state index contributed by atoms with van der Waals surface area (Å²) in [6, 6.07) is 7.18. The number of benzene rings is 1. The number of carbonyl (C=O) groups is 1. The summed E-state index contributed by atoms with van der Waals surface area (Å²) >= 11 is 3.32. The van der Waals surface area contributed by atoms with Crippen LogP contribution in [-0.4, -0.2) is 11.6 Å². The Morgan fingerprint density at radius 1 is 1.35 bits per heavy atom. The molecular formula is C13H17BrN2O. The summed E-state index contributed by atoms with van der Waals surface area (Å²) in [5.41, 5.74) is 4.10. The first-order chi connectivity index (χ1) is 7.99. The van der Waals surface area contributed by atoms with Gasteiger partial charge in [0.2, 0.25) is 0 Å². The number of amides is 1. The summed E-state index contributed by atoms with van der Waals surface area (Å²) in [5, 5.41) is 4.07. The van der Waals surface area contributed by atoms with Crippen LogP contribution in [0.15, 0.2) is 33.8 Å². The maximum absolute atomic E-state index is 11.7. The molecule has 3 nitrogen and oxygen atoms in total. The Balaban J connectivity index is 2.58. The smallest absolute Gasteiger partial charge is 0.267 e. The number of hydrogen-bond acceptors (Lipinski definition) is 2. The molecule has 0 unspecified atom stereocenters. The molecular weight excluding hydrogens is 280 g/mol. The van der Waals surface area contributed by atoms with Crippen LogP contribution in [0.4, 0.5) is 0 Å². The van der Waals surface area contributed by atoms with E-state index in [1.54, 1.807) is 12.1 Å². The Kier molecular flexibility index (Phi) is 5.35. The van der Waals surface area contributed by atoms with Gasteiger partial charge < -0.3 is 0 Å². The van der Waals surface area contributed by atoms with Gasteiger partial charge in [0.1, 0.15) is 0 Å². The Bertz CT molecular complexity index is 410. The van der Waals surface area contributed by atoms with E-state index in [-0.39, 0.29) is 5.91 Å². The van der Waals surface area contributed by atoms with Crippen molar-refractivity contribution in [3.63, 3.8) is 0 Å². The van der Waals surface area contributed by atoms with Crippen LogP contribution >= 0.6 is 15.9 Å². The zero-order valence-corrected chi connectivity index (χ0v) is 11.9. The quantitative estimate of drug-likeness (QED) is 0.669. The molecule has 0 saturated heterocycles. The maximum Gasteiger partial charge on any atom is 0.271 e. The number of hydrogen-bond donors (Lipinski definition) is 1. The van der Waals surface area contributed by atoms with Gasteiger partial charge in [0, 0.05) is 15.7 Å². The minimum Gasteiger partial charge on any atom is -0.267 e. The normalized spacial score (nSPS) is 11.7. The van der Waals surface area contributed by atoms with Crippen LogP contribution in [0, 0.1) is 5.92 Å². The minimum absolute atomic E-state index is 0.180. The largest absolute Gasteiger partial charge is 0.271 e. The van der Waals surface area contributed by atoms with E-state index in [0.29, 0.717) is 11.5 Å². The molecule has 4 heteroatoms. The molecule has 0 aromatic heterocycles. The van der Waals surface area contributed by atoms with E-state index < -0.39 is 0 Å². The molecule has 0 aliphatic rings. The lowest BCUT2D eigenvalue weighted by atomic mass is 10.1. The van der Waals surface area contributed by atoms with E-state index in [0.717, 1.165) is 16.6 Å². The number of hydrazone groups is 1. The van der Waals surface area contributed by atoms with Crippen molar-refractivity contribution in [2.45, 2.75) is 27.2 Å².